The van der Waals surface area contributed by atoms with Crippen molar-refractivity contribution in [2.45, 2.75) is 12.5 Å². The van der Waals surface area contributed by atoms with Crippen molar-refractivity contribution in [1.82, 2.24) is 0 Å². The molecule has 1 unspecified atom stereocenters. The third kappa shape index (κ3) is 5.70. The van der Waals surface area contributed by atoms with Gasteiger partial charge in [-0.25, -0.2) is 0 Å². The first-order valence-corrected chi connectivity index (χ1v) is 18.8. The molecule has 1 atom stereocenters. The van der Waals surface area contributed by atoms with Crippen LogP contribution in [-0.2, 0) is 0 Å². The molecule has 1 aliphatic heterocycles. The van der Waals surface area contributed by atoms with Gasteiger partial charge in [0, 0.05) is 33.7 Å². The van der Waals surface area contributed by atoms with Crippen LogP contribution in [0.25, 0.3) is 44.2 Å². The van der Waals surface area contributed by atoms with Gasteiger partial charge < -0.3 is 9.80 Å². The standard InChI is InChI=1S/C52H38N2/c1-3-12-37(13-4-1)39-26-31-45(32-27-39)53(50-21-11-15-42-14-7-8-18-47(42)50)46-33-28-40(29-34-46)38-22-24-41(25-23-38)43-30-35-52-49(36-43)48-19-9-10-20-51(48)54(52)44-16-5-2-6-17-44/h1-34,36,52H,35H2. The number of nitrogens with zero attached hydrogens (tertiary/aromatic N) is 2. The first-order valence-electron chi connectivity index (χ1n) is 18.8. The molecule has 2 aliphatic rings. The number of para-hydroxylation sites is 2. The smallest absolute Gasteiger partial charge is 0.0633 e. The van der Waals surface area contributed by atoms with Gasteiger partial charge in [0.1, 0.15) is 0 Å². The Hall–Kier alpha value is -6.90. The largest absolute Gasteiger partial charge is 0.333 e. The Labute approximate surface area is 317 Å². The Kier molecular flexibility index (Phi) is 8.00. The molecule has 0 aromatic heterocycles. The summed E-state index contributed by atoms with van der Waals surface area (Å²) in [4.78, 5) is 4.88. The van der Waals surface area contributed by atoms with E-state index >= 15 is 0 Å². The van der Waals surface area contributed by atoms with E-state index in [2.05, 4.69) is 222 Å². The first-order chi connectivity index (χ1) is 26.8. The normalized spacial score (nSPS) is 14.6. The molecule has 0 saturated carbocycles. The van der Waals surface area contributed by atoms with Gasteiger partial charge in [0.05, 0.1) is 11.7 Å². The topological polar surface area (TPSA) is 6.48 Å². The van der Waals surface area contributed by atoms with E-state index in [0.29, 0.717) is 6.04 Å². The van der Waals surface area contributed by atoms with Gasteiger partial charge in [-0.2, -0.15) is 0 Å². The van der Waals surface area contributed by atoms with E-state index in [1.54, 1.807) is 0 Å². The predicted octanol–water partition coefficient (Wildman–Crippen LogP) is 14.0. The van der Waals surface area contributed by atoms with Gasteiger partial charge >= 0.3 is 0 Å². The molecule has 1 aliphatic carbocycles. The Balaban J connectivity index is 0.948. The lowest BCUT2D eigenvalue weighted by Crippen LogP contribution is -2.27. The molecule has 0 saturated heterocycles. The number of hydrogen-bond acceptors (Lipinski definition) is 2. The summed E-state index contributed by atoms with van der Waals surface area (Å²) in [6, 6.07) is 72.7. The maximum Gasteiger partial charge on any atom is 0.0633 e. The van der Waals surface area contributed by atoms with Gasteiger partial charge in [0.25, 0.3) is 0 Å². The average molecular weight is 691 g/mol. The maximum absolute atomic E-state index is 2.50. The van der Waals surface area contributed by atoms with E-state index in [4.69, 9.17) is 0 Å². The van der Waals surface area contributed by atoms with Crippen molar-refractivity contribution in [3.8, 4) is 22.3 Å². The second kappa shape index (κ2) is 13.6. The number of benzene rings is 8. The highest BCUT2D eigenvalue weighted by Gasteiger charge is 2.35. The highest BCUT2D eigenvalue weighted by Crippen LogP contribution is 2.49. The van der Waals surface area contributed by atoms with Crippen LogP contribution in [0.4, 0.5) is 28.4 Å². The molecular weight excluding hydrogens is 653 g/mol. The minimum absolute atomic E-state index is 0.307. The molecule has 8 aromatic rings. The SMILES string of the molecule is C1=C(c2ccc(-c3ccc(N(c4ccc(-c5ccccc5)cc4)c4cccc5ccccc45)cc3)cc2)C=C2c3ccccc3N(c3ccccc3)C2C1. The highest BCUT2D eigenvalue weighted by atomic mass is 15.2. The molecule has 2 nitrogen and oxygen atoms in total. The van der Waals surface area contributed by atoms with Crippen LogP contribution in [0.5, 0.6) is 0 Å². The third-order valence-electron chi connectivity index (χ3n) is 11.0. The van der Waals surface area contributed by atoms with Gasteiger partial charge in [0.15, 0.2) is 0 Å². The van der Waals surface area contributed by atoms with Crippen LogP contribution in [0.2, 0.25) is 0 Å². The van der Waals surface area contributed by atoms with Crippen LogP contribution in [0.1, 0.15) is 17.5 Å². The fourth-order valence-electron chi connectivity index (χ4n) is 8.32. The Morgan fingerprint density at radius 2 is 0.981 bits per heavy atom. The number of hydrogen-bond donors (Lipinski definition) is 0. The van der Waals surface area contributed by atoms with Crippen LogP contribution in [-0.4, -0.2) is 6.04 Å². The minimum Gasteiger partial charge on any atom is -0.333 e. The molecule has 0 amide bonds. The molecule has 0 N–H and O–H groups in total. The van der Waals surface area contributed by atoms with Crippen LogP contribution in [0.15, 0.2) is 212 Å². The van der Waals surface area contributed by atoms with Crippen LogP contribution in [0.3, 0.4) is 0 Å². The lowest BCUT2D eigenvalue weighted by atomic mass is 9.89. The number of anilines is 5. The summed E-state index contributed by atoms with van der Waals surface area (Å²) in [6.07, 6.45) is 5.79. The zero-order valence-corrected chi connectivity index (χ0v) is 29.9. The van der Waals surface area contributed by atoms with Gasteiger partial charge in [-0.05, 0) is 105 Å². The Morgan fingerprint density at radius 3 is 1.69 bits per heavy atom. The fourth-order valence-corrected chi connectivity index (χ4v) is 8.32. The quantitative estimate of drug-likeness (QED) is 0.164. The zero-order valence-electron chi connectivity index (χ0n) is 29.9. The summed E-state index contributed by atoms with van der Waals surface area (Å²) in [6.45, 7) is 0. The first kappa shape index (κ1) is 31.8. The van der Waals surface area contributed by atoms with Crippen molar-refractivity contribution >= 4 is 50.4 Å². The van der Waals surface area contributed by atoms with Crippen molar-refractivity contribution < 1.29 is 0 Å². The molecule has 1 heterocycles. The molecule has 0 fully saturated rings. The van der Waals surface area contributed by atoms with Crippen molar-refractivity contribution in [3.05, 3.63) is 223 Å². The van der Waals surface area contributed by atoms with Crippen molar-refractivity contribution in [2.24, 2.45) is 0 Å². The molecular formula is C52H38N2. The van der Waals surface area contributed by atoms with E-state index in [1.807, 2.05) is 0 Å². The van der Waals surface area contributed by atoms with Crippen LogP contribution < -0.4 is 9.80 Å². The molecule has 10 rings (SSSR count). The lowest BCUT2D eigenvalue weighted by molar-refractivity contribution is 0.831. The van der Waals surface area contributed by atoms with E-state index in [-0.39, 0.29) is 0 Å². The Morgan fingerprint density at radius 1 is 0.444 bits per heavy atom. The lowest BCUT2D eigenvalue weighted by Gasteiger charge is -2.29. The molecule has 0 bridgehead atoms. The summed E-state index contributed by atoms with van der Waals surface area (Å²) >= 11 is 0. The average Bonchev–Trinajstić information content (AvgIpc) is 3.59. The summed E-state index contributed by atoms with van der Waals surface area (Å²) < 4.78 is 0. The van der Waals surface area contributed by atoms with Crippen molar-refractivity contribution in [1.29, 1.82) is 0 Å². The van der Waals surface area contributed by atoms with E-state index < -0.39 is 0 Å². The second-order valence-corrected chi connectivity index (χ2v) is 14.1. The van der Waals surface area contributed by atoms with Gasteiger partial charge in [-0.15, -0.1) is 0 Å². The maximum atomic E-state index is 2.50. The summed E-state index contributed by atoms with van der Waals surface area (Å²) in [5.74, 6) is 0. The summed E-state index contributed by atoms with van der Waals surface area (Å²) in [5, 5.41) is 2.45. The minimum atomic E-state index is 0.307. The van der Waals surface area contributed by atoms with Gasteiger partial charge in [0.2, 0.25) is 0 Å². The molecule has 0 spiro atoms. The molecule has 54 heavy (non-hydrogen) atoms. The Bertz CT molecular complexity index is 2650. The zero-order chi connectivity index (χ0) is 35.8. The van der Waals surface area contributed by atoms with E-state index in [9.17, 15) is 0 Å². The van der Waals surface area contributed by atoms with Gasteiger partial charge in [-0.3, -0.25) is 0 Å². The third-order valence-corrected chi connectivity index (χ3v) is 11.0. The second-order valence-electron chi connectivity index (χ2n) is 14.1. The summed E-state index contributed by atoms with van der Waals surface area (Å²) in [5.41, 5.74) is 16.0. The monoisotopic (exact) mass is 690 g/mol. The van der Waals surface area contributed by atoms with E-state index in [0.717, 1.165) is 23.5 Å². The van der Waals surface area contributed by atoms with Crippen LogP contribution >= 0.6 is 0 Å². The molecule has 256 valence electrons. The molecule has 2 heteroatoms. The number of fused-ring (bicyclic) bond motifs is 4. The van der Waals surface area contributed by atoms with Gasteiger partial charge in [-0.1, -0.05) is 158 Å². The predicted molar refractivity (Wildman–Crippen MR) is 229 cm³/mol. The van der Waals surface area contributed by atoms with E-state index in [1.165, 1.54) is 66.7 Å². The number of allylic oxidation sites excluding steroid dienone is 2. The number of rotatable bonds is 7. The fraction of sp³-hybridized carbons (Fsp3) is 0.0385. The summed E-state index contributed by atoms with van der Waals surface area (Å²) in [7, 11) is 0. The van der Waals surface area contributed by atoms with Crippen LogP contribution in [0, 0.1) is 0 Å². The molecule has 0 radical (unpaired) electrons. The van der Waals surface area contributed by atoms with Crippen molar-refractivity contribution in [3.63, 3.8) is 0 Å². The van der Waals surface area contributed by atoms with Crippen molar-refractivity contribution in [2.75, 3.05) is 9.80 Å². The highest BCUT2D eigenvalue weighted by molar-refractivity contribution is 6.00. The molecule has 8 aromatic carbocycles.